The molecular formula is C34H26Br2Cl4F6N2O5S3. The number of nitrogens with zero attached hydrogens (tertiary/aromatic N) is 1. The molecule has 0 aliphatic carbocycles. The molecule has 4 aromatic rings. The summed E-state index contributed by atoms with van der Waals surface area (Å²) < 4.78 is 113. The molecule has 22 heteroatoms. The molecule has 0 spiro atoms. The van der Waals surface area contributed by atoms with Crippen LogP contribution in [0.5, 0.6) is 0 Å². The summed E-state index contributed by atoms with van der Waals surface area (Å²) in [5.74, 6) is 3.29. The fourth-order valence-corrected chi connectivity index (χ4v) is 7.76. The van der Waals surface area contributed by atoms with Gasteiger partial charge in [-0.05, 0) is 114 Å². The van der Waals surface area contributed by atoms with Crippen LogP contribution >= 0.6 is 103 Å². The Morgan fingerprint density at radius 1 is 0.875 bits per heavy atom. The smallest absolute Gasteiger partial charge is 0.294 e. The third-order valence-electron chi connectivity index (χ3n) is 7.83. The van der Waals surface area contributed by atoms with Crippen molar-refractivity contribution >= 4 is 125 Å². The molecule has 1 heterocycles. The molecule has 0 radical (unpaired) electrons. The topological polar surface area (TPSA) is 119 Å². The predicted molar refractivity (Wildman–Crippen MR) is 220 cm³/mol. The van der Waals surface area contributed by atoms with Gasteiger partial charge in [-0.25, -0.2) is 4.40 Å². The molecule has 0 saturated carbocycles. The highest BCUT2D eigenvalue weighted by Gasteiger charge is 2.60. The number of nitrogens with two attached hydrogens (primary N) is 1. The number of Topliss-reactive ketones (excluding diaryl/α,β-unsaturated/α-hetero) is 1. The highest BCUT2D eigenvalue weighted by molar-refractivity contribution is 9.10. The van der Waals surface area contributed by atoms with Crippen LogP contribution in [-0.2, 0) is 24.2 Å². The quantitative estimate of drug-likeness (QED) is 0.0421. The molecule has 0 fully saturated rings. The molecule has 7 nitrogen and oxygen atoms in total. The van der Waals surface area contributed by atoms with Crippen molar-refractivity contribution in [3.63, 3.8) is 0 Å². The van der Waals surface area contributed by atoms with Gasteiger partial charge in [0.2, 0.25) is 0 Å². The van der Waals surface area contributed by atoms with E-state index in [0.29, 0.717) is 23.2 Å². The first-order valence-electron chi connectivity index (χ1n) is 15.1. The van der Waals surface area contributed by atoms with Gasteiger partial charge in [0.15, 0.2) is 10.5 Å². The van der Waals surface area contributed by atoms with Gasteiger partial charge in [0.25, 0.3) is 0 Å². The van der Waals surface area contributed by atoms with Crippen LogP contribution in [0.25, 0.3) is 0 Å². The van der Waals surface area contributed by atoms with Gasteiger partial charge >= 0.3 is 22.8 Å². The highest BCUT2D eigenvalue weighted by Crippen LogP contribution is 2.57. The molecule has 304 valence electrons. The lowest BCUT2D eigenvalue weighted by Crippen LogP contribution is -2.39. The van der Waals surface area contributed by atoms with Crippen molar-refractivity contribution in [2.75, 3.05) is 0 Å². The molecule has 0 saturated heterocycles. The zero-order valence-corrected chi connectivity index (χ0v) is 37.0. The Morgan fingerprint density at radius 2 is 1.34 bits per heavy atom. The minimum Gasteiger partial charge on any atom is -0.294 e. The zero-order valence-electron chi connectivity index (χ0n) is 28.2. The first kappa shape index (κ1) is 48.8. The number of hydrogen-bond acceptors (Lipinski definition) is 8. The van der Waals surface area contributed by atoms with Gasteiger partial charge in [-0.15, -0.1) is 0 Å². The fraction of sp³-hybridized carbons (Fsp3) is 0.235. The summed E-state index contributed by atoms with van der Waals surface area (Å²) >= 11 is 34.5. The summed E-state index contributed by atoms with van der Waals surface area (Å²) in [6.07, 6.45) is -10.5. The summed E-state index contributed by atoms with van der Waals surface area (Å²) in [6.45, 7) is 3.62. The van der Waals surface area contributed by atoms with Crippen LogP contribution in [-0.4, -0.2) is 36.8 Å². The van der Waals surface area contributed by atoms with Crippen molar-refractivity contribution in [1.29, 1.82) is 0 Å². The Kier molecular flexibility index (Phi) is 16.8. The number of halogens is 12. The normalized spacial score (nSPS) is 16.8. The summed E-state index contributed by atoms with van der Waals surface area (Å²) in [4.78, 5) is 12.5. The number of alkyl halides is 6. The van der Waals surface area contributed by atoms with Crippen LogP contribution in [0, 0.1) is 13.8 Å². The summed E-state index contributed by atoms with van der Waals surface area (Å²) in [6, 6.07) is 17.6. The van der Waals surface area contributed by atoms with E-state index in [4.69, 9.17) is 51.0 Å². The van der Waals surface area contributed by atoms with E-state index < -0.39 is 44.4 Å². The van der Waals surface area contributed by atoms with Gasteiger partial charge in [-0.2, -0.15) is 57.6 Å². The summed E-state index contributed by atoms with van der Waals surface area (Å²) in [5.41, 5.74) is 2.66. The number of carbonyl (C=O) groups is 1. The van der Waals surface area contributed by atoms with Crippen molar-refractivity contribution < 1.29 is 48.4 Å². The van der Waals surface area contributed by atoms with Crippen LogP contribution in [0.4, 0.5) is 26.3 Å². The monoisotopic (exact) mass is 1050 g/mol. The number of carbonyl (C=O) groups excluding carboxylic acids is 1. The Bertz CT molecular complexity index is 2210. The predicted octanol–water partition coefficient (Wildman–Crippen LogP) is 13.1. The Hall–Kier alpha value is -1.55. The van der Waals surface area contributed by atoms with Gasteiger partial charge in [0.1, 0.15) is 4.75 Å². The minimum atomic E-state index is -4.79. The maximum absolute atomic E-state index is 14.0. The average Bonchev–Trinajstić information content (AvgIpc) is 3.54. The van der Waals surface area contributed by atoms with Gasteiger partial charge in [-0.1, -0.05) is 90.4 Å². The first-order chi connectivity index (χ1) is 25.6. The largest absolute Gasteiger partial charge is 0.413 e. The Labute approximate surface area is 364 Å². The Morgan fingerprint density at radius 3 is 1.77 bits per heavy atom. The third-order valence-corrected chi connectivity index (χ3v) is 12.6. The van der Waals surface area contributed by atoms with Crippen molar-refractivity contribution in [3.8, 4) is 0 Å². The maximum atomic E-state index is 14.0. The zero-order chi connectivity index (χ0) is 42.6. The first-order valence-corrected chi connectivity index (χ1v) is 20.8. The molecule has 1 aliphatic heterocycles. The molecule has 3 N–H and O–H groups in total. The van der Waals surface area contributed by atoms with E-state index in [1.807, 2.05) is 19.1 Å². The molecule has 0 amide bonds. The number of ketones is 1. The summed E-state index contributed by atoms with van der Waals surface area (Å²) in [7, 11) is -4.38. The lowest BCUT2D eigenvalue weighted by molar-refractivity contribution is -0.161. The number of aryl methyl sites for hydroxylation is 2. The fourth-order valence-electron chi connectivity index (χ4n) is 4.98. The average molecular weight is 1050 g/mol. The van der Waals surface area contributed by atoms with Crippen LogP contribution in [0.15, 0.2) is 86.1 Å². The van der Waals surface area contributed by atoms with Crippen LogP contribution in [0.2, 0.25) is 20.1 Å². The van der Waals surface area contributed by atoms with Crippen molar-refractivity contribution in [1.82, 2.24) is 0 Å². The van der Waals surface area contributed by atoms with Gasteiger partial charge in [0.05, 0.1) is 5.71 Å². The maximum Gasteiger partial charge on any atom is 0.413 e. The van der Waals surface area contributed by atoms with Gasteiger partial charge < -0.3 is 0 Å². The second kappa shape index (κ2) is 19.2. The third kappa shape index (κ3) is 12.5. The van der Waals surface area contributed by atoms with E-state index in [9.17, 15) is 39.6 Å². The number of benzene rings is 4. The van der Waals surface area contributed by atoms with E-state index in [-0.39, 0.29) is 43.2 Å². The van der Waals surface area contributed by atoms with E-state index >= 15 is 0 Å². The molecule has 5 rings (SSSR count). The second-order valence-corrected chi connectivity index (χ2v) is 18.2. The molecule has 1 aliphatic rings. The van der Waals surface area contributed by atoms with Crippen LogP contribution in [0.3, 0.4) is 0 Å². The van der Waals surface area contributed by atoms with Crippen molar-refractivity contribution in [2.45, 2.75) is 48.5 Å². The van der Waals surface area contributed by atoms with Crippen LogP contribution in [0.1, 0.15) is 51.0 Å². The van der Waals surface area contributed by atoms with Crippen molar-refractivity contribution in [2.24, 2.45) is 10.3 Å². The standard InChI is InChI=1S/C17H11BrCl2F3NS.C17H12BrCl2F3OS.H3NO4S/c1-9-4-10(2-3-14(9)18)15-8-16(25-24-15,17(21,22)23)11-5-12(19)7-13(20)6-11;1-9-4-10(2-3-14(9)18)15(24)8-16(25,17(21,22)23)11-5-12(19)7-13(20)6-11;1-5-6(2,3)4/h2-7H,8H2,1H3;2-7,25H,8H2,1H3;1H2,(H,2,3,4). The molecule has 4 aromatic carbocycles. The summed E-state index contributed by atoms with van der Waals surface area (Å²) in [5, 5.41) is 0.411. The van der Waals surface area contributed by atoms with E-state index in [1.54, 1.807) is 19.1 Å². The SMILES string of the molecule is Cc1cc(C(=O)CC(S)(c2cc(Cl)cc(Cl)c2)C(F)(F)F)ccc1Br.Cc1cc(C2=NSC(c3cc(Cl)cc(Cl)c3)(C(F)(F)F)C2)ccc1Br.NOS(=O)(=O)O. The molecule has 2 unspecified atom stereocenters. The van der Waals surface area contributed by atoms with Crippen molar-refractivity contribution in [3.05, 3.63) is 135 Å². The number of hydrogen-bond donors (Lipinski definition) is 3. The Balaban J connectivity index is 0.000000262. The lowest BCUT2D eigenvalue weighted by atomic mass is 9.89. The van der Waals surface area contributed by atoms with Gasteiger partial charge in [0, 0.05) is 47.4 Å². The lowest BCUT2D eigenvalue weighted by Gasteiger charge is -2.31. The molecule has 0 bridgehead atoms. The van der Waals surface area contributed by atoms with Crippen LogP contribution < -0.4 is 5.90 Å². The van der Waals surface area contributed by atoms with Gasteiger partial charge in [-0.3, -0.25) is 9.35 Å². The molecule has 0 aromatic heterocycles. The molecule has 2 atom stereocenters. The number of rotatable bonds is 7. The second-order valence-electron chi connectivity index (χ2n) is 11.9. The van der Waals surface area contributed by atoms with E-state index in [0.717, 1.165) is 32.2 Å². The number of thiol groups is 1. The molecular weight excluding hydrogens is 1030 g/mol. The molecule has 56 heavy (non-hydrogen) atoms. The minimum absolute atomic E-state index is 0.00934. The van der Waals surface area contributed by atoms with E-state index in [1.165, 1.54) is 36.4 Å². The highest BCUT2D eigenvalue weighted by atomic mass is 79.9. The van der Waals surface area contributed by atoms with E-state index in [2.05, 4.69) is 59.1 Å².